The highest BCUT2D eigenvalue weighted by atomic mass is 35.5. The fourth-order valence-corrected chi connectivity index (χ4v) is 13.4. The number of nitrogens with one attached hydrogen (secondary N) is 4. The molecule has 4 aromatic carbocycles. The smallest absolute Gasteiger partial charge is 0.250 e. The van der Waals surface area contributed by atoms with Gasteiger partial charge < -0.3 is 44.6 Å². The molecule has 4 N–H and O–H groups in total. The molecular formula is C50H48ClN7O7S4. The van der Waals surface area contributed by atoms with E-state index in [0.717, 1.165) is 124 Å². The molecular weight excluding hydrogens is 974 g/mol. The summed E-state index contributed by atoms with van der Waals surface area (Å²) in [6.45, 7) is 9.05. The minimum absolute atomic E-state index is 0.0119. The van der Waals surface area contributed by atoms with Crippen molar-refractivity contribution in [2.75, 3.05) is 112 Å². The third-order valence-corrected chi connectivity index (χ3v) is 17.3. The van der Waals surface area contributed by atoms with Gasteiger partial charge in [0, 0.05) is 124 Å². The number of hydrogen-bond donors (Lipinski definition) is 4. The Morgan fingerprint density at radius 1 is 0.522 bits per heavy atom. The number of aromatic nitrogens is 2. The quantitative estimate of drug-likeness (QED) is 0.102. The molecule has 0 bridgehead atoms. The van der Waals surface area contributed by atoms with Gasteiger partial charge in [-0.1, -0.05) is 71.3 Å². The first-order chi connectivity index (χ1) is 33.7. The molecule has 0 spiro atoms. The number of pyridine rings is 2. The number of H-pyrrole nitrogens is 2. The van der Waals surface area contributed by atoms with Crippen LogP contribution in [-0.4, -0.2) is 118 Å². The molecule has 0 aliphatic carbocycles. The summed E-state index contributed by atoms with van der Waals surface area (Å²) in [5, 5.41) is 5.85. The number of anilines is 4. The van der Waals surface area contributed by atoms with E-state index in [4.69, 9.17) is 25.8 Å². The largest absolute Gasteiger partial charge is 0.379 e. The first-order valence-corrected chi connectivity index (χ1v) is 26.4. The van der Waals surface area contributed by atoms with E-state index in [9.17, 15) is 19.2 Å². The molecule has 0 saturated carbocycles. The van der Waals surface area contributed by atoms with Crippen LogP contribution in [0.15, 0.2) is 146 Å². The first-order valence-electron chi connectivity index (χ1n) is 22.6. The Bertz CT molecular complexity index is 3010. The molecule has 6 aromatic rings. The molecule has 19 heteroatoms. The first kappa shape index (κ1) is 47.5. The SMILES string of the molecule is O=C(CCl)Nc1ccc2c(c1)Sc1cccc(-c3cc(N4CCOCC4)cc(=O)[nH]3)c1S2.O=C(CN1CCOCC1)Nc1ccc2c(c1)Sc1cccc(-c3cc(N4CCOCC4)cc(=O)[nH]3)c1S2. The van der Waals surface area contributed by atoms with Crippen molar-refractivity contribution in [3.63, 3.8) is 0 Å². The van der Waals surface area contributed by atoms with Crippen molar-refractivity contribution in [2.45, 2.75) is 39.2 Å². The summed E-state index contributed by atoms with van der Waals surface area (Å²) in [4.78, 5) is 70.7. The fourth-order valence-electron chi connectivity index (χ4n) is 8.50. The second-order valence-electron chi connectivity index (χ2n) is 16.5. The zero-order valence-corrected chi connectivity index (χ0v) is 41.4. The van der Waals surface area contributed by atoms with Gasteiger partial charge in [0.15, 0.2) is 0 Å². The lowest BCUT2D eigenvalue weighted by molar-refractivity contribution is -0.118. The van der Waals surface area contributed by atoms with Crippen molar-refractivity contribution in [1.29, 1.82) is 0 Å². The van der Waals surface area contributed by atoms with E-state index in [-0.39, 0.29) is 28.8 Å². The van der Waals surface area contributed by atoms with Crippen LogP contribution in [0.3, 0.4) is 0 Å². The van der Waals surface area contributed by atoms with E-state index in [1.165, 1.54) is 0 Å². The molecule has 3 fully saturated rings. The molecule has 7 heterocycles. The van der Waals surface area contributed by atoms with Crippen LogP contribution in [0.2, 0.25) is 0 Å². The van der Waals surface area contributed by atoms with Gasteiger partial charge in [0.05, 0.1) is 57.6 Å². The number of fused-ring (bicyclic) bond motifs is 4. The van der Waals surface area contributed by atoms with E-state index in [2.05, 4.69) is 65.6 Å². The summed E-state index contributed by atoms with van der Waals surface area (Å²) in [7, 11) is 0. The highest BCUT2D eigenvalue weighted by molar-refractivity contribution is 8.05. The van der Waals surface area contributed by atoms with Gasteiger partial charge >= 0.3 is 0 Å². The molecule has 3 saturated heterocycles. The lowest BCUT2D eigenvalue weighted by Crippen LogP contribution is -2.41. The molecule has 2 aromatic heterocycles. The number of alkyl halides is 1. The van der Waals surface area contributed by atoms with Crippen LogP contribution in [0.4, 0.5) is 22.7 Å². The number of nitrogens with zero attached hydrogens (tertiary/aromatic N) is 3. The number of carbonyl (C=O) groups is 2. The van der Waals surface area contributed by atoms with Gasteiger partial charge in [-0.05, 0) is 60.7 Å². The highest BCUT2D eigenvalue weighted by Gasteiger charge is 2.25. The molecule has 11 rings (SSSR count). The van der Waals surface area contributed by atoms with Gasteiger partial charge in [-0.2, -0.15) is 0 Å². The molecule has 14 nitrogen and oxygen atoms in total. The van der Waals surface area contributed by atoms with E-state index in [0.29, 0.717) is 46.2 Å². The van der Waals surface area contributed by atoms with Gasteiger partial charge in [0.25, 0.3) is 0 Å². The molecule has 0 unspecified atom stereocenters. The Morgan fingerprint density at radius 2 is 0.971 bits per heavy atom. The minimum atomic E-state index is -0.230. The van der Waals surface area contributed by atoms with Gasteiger partial charge in [-0.15, -0.1) is 11.6 Å². The van der Waals surface area contributed by atoms with Crippen LogP contribution in [0.1, 0.15) is 0 Å². The Morgan fingerprint density at radius 3 is 1.43 bits per heavy atom. The number of ether oxygens (including phenoxy) is 3. The maximum atomic E-state index is 12.6. The van der Waals surface area contributed by atoms with E-state index >= 15 is 0 Å². The van der Waals surface area contributed by atoms with E-state index in [1.54, 1.807) is 59.2 Å². The van der Waals surface area contributed by atoms with E-state index < -0.39 is 0 Å². The Kier molecular flexibility index (Phi) is 15.1. The summed E-state index contributed by atoms with van der Waals surface area (Å²) in [6.07, 6.45) is 0. The third-order valence-electron chi connectivity index (χ3n) is 11.9. The normalized spacial score (nSPS) is 16.5. The Hall–Kier alpha value is -5.15. The minimum Gasteiger partial charge on any atom is -0.379 e. The number of amides is 2. The number of hydrogen-bond acceptors (Lipinski definition) is 14. The van der Waals surface area contributed by atoms with Crippen LogP contribution >= 0.6 is 58.6 Å². The van der Waals surface area contributed by atoms with Crippen molar-refractivity contribution >= 4 is 93.2 Å². The number of carbonyl (C=O) groups excluding carboxylic acids is 2. The summed E-state index contributed by atoms with van der Waals surface area (Å²) < 4.78 is 16.3. The summed E-state index contributed by atoms with van der Waals surface area (Å²) in [6, 6.07) is 31.7. The molecule has 69 heavy (non-hydrogen) atoms. The number of aromatic amines is 2. The summed E-state index contributed by atoms with van der Waals surface area (Å²) >= 11 is 12.3. The van der Waals surface area contributed by atoms with Crippen LogP contribution in [0.25, 0.3) is 22.5 Å². The number of morpholine rings is 3. The maximum absolute atomic E-state index is 12.6. The average Bonchev–Trinajstić information content (AvgIpc) is 3.37. The fraction of sp³-hybridized carbons (Fsp3) is 0.280. The predicted octanol–water partition coefficient (Wildman–Crippen LogP) is 8.44. The van der Waals surface area contributed by atoms with Gasteiger partial charge in [-0.3, -0.25) is 24.1 Å². The van der Waals surface area contributed by atoms with Crippen molar-refractivity contribution in [3.05, 3.63) is 118 Å². The lowest BCUT2D eigenvalue weighted by atomic mass is 10.1. The van der Waals surface area contributed by atoms with Gasteiger partial charge in [0.1, 0.15) is 5.88 Å². The average molecular weight is 1020 g/mol. The summed E-state index contributed by atoms with van der Waals surface area (Å²) in [5.74, 6) is -0.318. The van der Waals surface area contributed by atoms with Gasteiger partial charge in [-0.25, -0.2) is 0 Å². The summed E-state index contributed by atoms with van der Waals surface area (Å²) in [5.41, 5.74) is 6.76. The van der Waals surface area contributed by atoms with Crippen LogP contribution < -0.4 is 31.6 Å². The van der Waals surface area contributed by atoms with Crippen molar-refractivity contribution in [1.82, 2.24) is 14.9 Å². The lowest BCUT2D eigenvalue weighted by Gasteiger charge is -2.29. The maximum Gasteiger partial charge on any atom is 0.250 e. The zero-order valence-electron chi connectivity index (χ0n) is 37.3. The van der Waals surface area contributed by atoms with Crippen molar-refractivity contribution in [2.24, 2.45) is 0 Å². The Balaban J connectivity index is 0.000000162. The predicted molar refractivity (Wildman–Crippen MR) is 276 cm³/mol. The molecule has 356 valence electrons. The highest BCUT2D eigenvalue weighted by Crippen LogP contribution is 2.53. The third kappa shape index (κ3) is 11.4. The molecule has 5 aliphatic rings. The van der Waals surface area contributed by atoms with Crippen LogP contribution in [0, 0.1) is 0 Å². The zero-order chi connectivity index (χ0) is 47.3. The van der Waals surface area contributed by atoms with Crippen molar-refractivity contribution in [3.8, 4) is 22.5 Å². The topological polar surface area (TPSA) is 161 Å². The number of benzene rings is 4. The Labute approximate surface area is 420 Å². The molecule has 0 atom stereocenters. The van der Waals surface area contributed by atoms with Crippen LogP contribution in [0.5, 0.6) is 0 Å². The molecule has 5 aliphatic heterocycles. The standard InChI is InChI=1S/C27H28N4O4S2.C23H20ClN3O3S2/c32-25-16-19(31-8-12-35-13-9-31)15-21(29-25)20-2-1-3-23-27(20)37-22-5-4-18(14-24(22)36-23)28-26(33)17-30-6-10-34-11-7-30;24-13-22(29)25-14-4-5-18-20(10-14)31-19-3-1-2-16(23(19)32-18)17-11-15(12-21(28)26-17)27-6-8-30-9-7-27/h1-5,14-16H,6-13,17H2,(H,28,33)(H,29,32);1-5,10-12H,6-9,13H2,(H,25,29)(H,26,28). The van der Waals surface area contributed by atoms with Gasteiger partial charge in [0.2, 0.25) is 22.9 Å². The van der Waals surface area contributed by atoms with Crippen molar-refractivity contribution < 1.29 is 23.8 Å². The van der Waals surface area contributed by atoms with Crippen LogP contribution in [-0.2, 0) is 23.8 Å². The van der Waals surface area contributed by atoms with E-state index in [1.807, 2.05) is 54.6 Å². The molecule has 0 radical (unpaired) electrons. The second-order valence-corrected chi connectivity index (χ2v) is 21.1. The second kappa shape index (κ2) is 21.9. The molecule has 2 amide bonds. The number of rotatable bonds is 9. The monoisotopic (exact) mass is 1020 g/mol. The number of halogens is 1.